The van der Waals surface area contributed by atoms with E-state index >= 15 is 0 Å². The SMILES string of the molecule is CC(C)(C)c1ccc2c(c1)CC[C@H]2NC(=O)Nc1cccc2c1cnn2C(=O)O. The Morgan fingerprint density at radius 2 is 2.00 bits per heavy atom. The average molecular weight is 392 g/mol. The van der Waals surface area contributed by atoms with Gasteiger partial charge < -0.3 is 15.7 Å². The summed E-state index contributed by atoms with van der Waals surface area (Å²) in [5.74, 6) is 0. The third-order valence-corrected chi connectivity index (χ3v) is 5.44. The first-order valence-corrected chi connectivity index (χ1v) is 9.65. The molecular weight excluding hydrogens is 368 g/mol. The number of aryl methyl sites for hydroxylation is 1. The predicted octanol–water partition coefficient (Wildman–Crippen LogP) is 4.67. The highest BCUT2D eigenvalue weighted by Gasteiger charge is 2.26. The highest BCUT2D eigenvalue weighted by Crippen LogP contribution is 2.34. The van der Waals surface area contributed by atoms with Crippen LogP contribution in [-0.4, -0.2) is 27.0 Å². The van der Waals surface area contributed by atoms with Gasteiger partial charge in [0.25, 0.3) is 0 Å². The fourth-order valence-corrected chi connectivity index (χ4v) is 3.86. The lowest BCUT2D eigenvalue weighted by Gasteiger charge is -2.21. The molecule has 7 nitrogen and oxygen atoms in total. The number of aromatic nitrogens is 2. The second kappa shape index (κ2) is 6.92. The van der Waals surface area contributed by atoms with Crippen molar-refractivity contribution < 1.29 is 14.7 Å². The molecule has 1 aliphatic rings. The van der Waals surface area contributed by atoms with Crippen LogP contribution in [-0.2, 0) is 11.8 Å². The van der Waals surface area contributed by atoms with Crippen LogP contribution in [0, 0.1) is 0 Å². The summed E-state index contributed by atoms with van der Waals surface area (Å²) in [4.78, 5) is 23.9. The first-order chi connectivity index (χ1) is 13.7. The number of nitrogens with one attached hydrogen (secondary N) is 2. The number of benzene rings is 2. The Morgan fingerprint density at radius 3 is 2.72 bits per heavy atom. The smallest absolute Gasteiger partial charge is 0.432 e. The molecule has 3 N–H and O–H groups in total. The van der Waals surface area contributed by atoms with Gasteiger partial charge in [-0.05, 0) is 47.1 Å². The van der Waals surface area contributed by atoms with Gasteiger partial charge in [-0.2, -0.15) is 9.78 Å². The molecule has 0 spiro atoms. The number of hydrogen-bond acceptors (Lipinski definition) is 3. The maximum Gasteiger partial charge on any atom is 0.432 e. The van der Waals surface area contributed by atoms with Crippen molar-refractivity contribution in [2.75, 3.05) is 5.32 Å². The van der Waals surface area contributed by atoms with E-state index in [4.69, 9.17) is 0 Å². The number of carbonyl (C=O) groups is 2. The second-order valence-corrected chi connectivity index (χ2v) is 8.43. The van der Waals surface area contributed by atoms with Crippen molar-refractivity contribution in [1.82, 2.24) is 15.1 Å². The normalized spacial score (nSPS) is 15.9. The van der Waals surface area contributed by atoms with Crippen molar-refractivity contribution >= 4 is 28.7 Å². The summed E-state index contributed by atoms with van der Waals surface area (Å²) < 4.78 is 0.887. The molecule has 1 aromatic heterocycles. The molecule has 0 radical (unpaired) electrons. The van der Waals surface area contributed by atoms with E-state index in [1.165, 1.54) is 17.3 Å². The standard InChI is InChI=1S/C22H24N4O3/c1-22(2,3)14-8-9-15-13(11-14)7-10-18(15)25-20(27)24-17-5-4-6-19-16(17)12-23-26(19)21(28)29/h4-6,8-9,11-12,18H,7,10H2,1-3H3,(H,28,29)(H2,24,25,27)/t18-/m1/s1. The molecule has 29 heavy (non-hydrogen) atoms. The molecule has 4 rings (SSSR count). The number of urea groups is 1. The summed E-state index contributed by atoms with van der Waals surface area (Å²) in [6.45, 7) is 6.58. The fourth-order valence-electron chi connectivity index (χ4n) is 3.86. The van der Waals surface area contributed by atoms with Crippen molar-refractivity contribution in [2.24, 2.45) is 0 Å². The Morgan fingerprint density at radius 1 is 1.21 bits per heavy atom. The molecule has 0 unspecified atom stereocenters. The molecule has 0 saturated carbocycles. The van der Waals surface area contributed by atoms with Gasteiger partial charge in [-0.3, -0.25) is 0 Å². The largest absolute Gasteiger partial charge is 0.463 e. The number of carbonyl (C=O) groups excluding carboxylic acids is 1. The zero-order valence-electron chi connectivity index (χ0n) is 16.7. The maximum atomic E-state index is 12.6. The minimum Gasteiger partial charge on any atom is -0.463 e. The Labute approximate surface area is 168 Å². The van der Waals surface area contributed by atoms with E-state index in [-0.39, 0.29) is 17.5 Å². The molecule has 150 valence electrons. The molecule has 3 aromatic rings. The van der Waals surface area contributed by atoms with Crippen molar-refractivity contribution in [3.8, 4) is 0 Å². The van der Waals surface area contributed by atoms with Crippen molar-refractivity contribution in [3.05, 3.63) is 59.3 Å². The first-order valence-electron chi connectivity index (χ1n) is 9.65. The molecule has 1 atom stereocenters. The van der Waals surface area contributed by atoms with E-state index in [2.05, 4.69) is 54.7 Å². The second-order valence-electron chi connectivity index (χ2n) is 8.43. The van der Waals surface area contributed by atoms with Crippen LogP contribution in [0.1, 0.15) is 49.9 Å². The highest BCUT2D eigenvalue weighted by molar-refractivity contribution is 6.02. The average Bonchev–Trinajstić information content (AvgIpc) is 3.25. The molecule has 0 bridgehead atoms. The van der Waals surface area contributed by atoms with E-state index in [1.54, 1.807) is 18.2 Å². The number of carboxylic acid groups (broad SMARTS) is 1. The summed E-state index contributed by atoms with van der Waals surface area (Å²) in [7, 11) is 0. The van der Waals surface area contributed by atoms with Crippen LogP contribution in [0.15, 0.2) is 42.6 Å². The first kappa shape index (κ1) is 19.0. The van der Waals surface area contributed by atoms with Gasteiger partial charge in [-0.1, -0.05) is 45.0 Å². The molecule has 0 fully saturated rings. The Bertz CT molecular complexity index is 1110. The third kappa shape index (κ3) is 3.55. The summed E-state index contributed by atoms with van der Waals surface area (Å²) in [5, 5.41) is 19.5. The van der Waals surface area contributed by atoms with Crippen molar-refractivity contribution in [2.45, 2.75) is 45.1 Å². The summed E-state index contributed by atoms with van der Waals surface area (Å²) in [6, 6.07) is 11.2. The van der Waals surface area contributed by atoms with Crippen LogP contribution in [0.4, 0.5) is 15.3 Å². The molecule has 1 aliphatic carbocycles. The van der Waals surface area contributed by atoms with E-state index < -0.39 is 6.09 Å². The third-order valence-electron chi connectivity index (χ3n) is 5.44. The lowest BCUT2D eigenvalue weighted by atomic mass is 9.85. The number of rotatable bonds is 2. The van der Waals surface area contributed by atoms with Gasteiger partial charge in [0.1, 0.15) is 0 Å². The number of nitrogens with zero attached hydrogens (tertiary/aromatic N) is 2. The number of fused-ring (bicyclic) bond motifs is 2. The Balaban J connectivity index is 1.51. The van der Waals surface area contributed by atoms with Gasteiger partial charge in [-0.25, -0.2) is 9.59 Å². The zero-order chi connectivity index (χ0) is 20.8. The number of anilines is 1. The van der Waals surface area contributed by atoms with Crippen molar-refractivity contribution in [1.29, 1.82) is 0 Å². The molecular formula is C22H24N4O3. The van der Waals surface area contributed by atoms with Crippen LogP contribution < -0.4 is 10.6 Å². The van der Waals surface area contributed by atoms with E-state index in [9.17, 15) is 14.7 Å². The highest BCUT2D eigenvalue weighted by atomic mass is 16.4. The molecule has 1 heterocycles. The van der Waals surface area contributed by atoms with Crippen LogP contribution in [0.3, 0.4) is 0 Å². The van der Waals surface area contributed by atoms with E-state index in [0.29, 0.717) is 16.6 Å². The van der Waals surface area contributed by atoms with Gasteiger partial charge in [0.05, 0.1) is 23.4 Å². The van der Waals surface area contributed by atoms with Crippen LogP contribution >= 0.6 is 0 Å². The van der Waals surface area contributed by atoms with Crippen molar-refractivity contribution in [3.63, 3.8) is 0 Å². The topological polar surface area (TPSA) is 96.3 Å². The number of amides is 2. The van der Waals surface area contributed by atoms with Crippen LogP contribution in [0.2, 0.25) is 0 Å². The van der Waals surface area contributed by atoms with Gasteiger partial charge in [-0.15, -0.1) is 0 Å². The molecule has 0 saturated heterocycles. The Hall–Kier alpha value is -3.35. The molecule has 2 amide bonds. The van der Waals surface area contributed by atoms with Gasteiger partial charge in [0.15, 0.2) is 0 Å². The van der Waals surface area contributed by atoms with Gasteiger partial charge >= 0.3 is 12.1 Å². The predicted molar refractivity (Wildman–Crippen MR) is 112 cm³/mol. The number of hydrogen-bond donors (Lipinski definition) is 3. The summed E-state index contributed by atoms with van der Waals surface area (Å²) >= 11 is 0. The Kier molecular flexibility index (Phi) is 4.53. The molecule has 2 aromatic carbocycles. The van der Waals surface area contributed by atoms with Crippen LogP contribution in [0.5, 0.6) is 0 Å². The van der Waals surface area contributed by atoms with Gasteiger partial charge in [0.2, 0.25) is 0 Å². The summed E-state index contributed by atoms with van der Waals surface area (Å²) in [5.41, 5.74) is 4.78. The molecule has 0 aliphatic heterocycles. The van der Waals surface area contributed by atoms with E-state index in [1.807, 2.05) is 0 Å². The van der Waals surface area contributed by atoms with Gasteiger partial charge in [0, 0.05) is 5.39 Å². The minimum atomic E-state index is -1.17. The van der Waals surface area contributed by atoms with Crippen LogP contribution in [0.25, 0.3) is 10.9 Å². The fraction of sp³-hybridized carbons (Fsp3) is 0.318. The lowest BCUT2D eigenvalue weighted by Crippen LogP contribution is -2.31. The zero-order valence-corrected chi connectivity index (χ0v) is 16.7. The quantitative estimate of drug-likeness (QED) is 0.590. The minimum absolute atomic E-state index is 0.0417. The van der Waals surface area contributed by atoms with E-state index in [0.717, 1.165) is 23.1 Å². The monoisotopic (exact) mass is 392 g/mol. The molecule has 7 heteroatoms. The summed E-state index contributed by atoms with van der Waals surface area (Å²) in [6.07, 6.45) is 2.07. The maximum absolute atomic E-state index is 12.6. The lowest BCUT2D eigenvalue weighted by molar-refractivity contribution is 0.194.